The van der Waals surface area contributed by atoms with Crippen molar-refractivity contribution in [1.29, 1.82) is 0 Å². The zero-order valence-corrected chi connectivity index (χ0v) is 18.5. The second-order valence-corrected chi connectivity index (χ2v) is 7.83. The number of nitrogens with one attached hydrogen (secondary N) is 3. The van der Waals surface area contributed by atoms with E-state index in [-0.39, 0.29) is 28.7 Å². The standard InChI is InChI=1S/C24H21F4N5O2/c1-29-23(35)17-11-14(25)4-9-19(17)32-20-12-21(30-13-18(20)24(26,27)28)31-15-5-7-16(8-6-15)33-10-2-3-22(33)34/h4-9,11-13H,2-3,10H2,1H3,(H,29,35)(H2,30,31,32). The Kier molecular flexibility index (Phi) is 6.59. The van der Waals surface area contributed by atoms with Crippen LogP contribution in [0.4, 0.5) is 46.1 Å². The molecule has 3 aromatic rings. The third-order valence-electron chi connectivity index (χ3n) is 5.46. The van der Waals surface area contributed by atoms with E-state index < -0.39 is 23.5 Å². The van der Waals surface area contributed by atoms with E-state index in [1.54, 1.807) is 29.2 Å². The molecule has 3 N–H and O–H groups in total. The molecule has 2 heterocycles. The molecule has 0 radical (unpaired) electrons. The van der Waals surface area contributed by atoms with Crippen LogP contribution in [-0.4, -0.2) is 30.4 Å². The Morgan fingerprint density at radius 3 is 2.40 bits per heavy atom. The van der Waals surface area contributed by atoms with Gasteiger partial charge in [0.15, 0.2) is 0 Å². The fourth-order valence-electron chi connectivity index (χ4n) is 3.74. The van der Waals surface area contributed by atoms with Gasteiger partial charge < -0.3 is 20.9 Å². The molecule has 0 bridgehead atoms. The predicted molar refractivity (Wildman–Crippen MR) is 124 cm³/mol. The molecule has 0 saturated carbocycles. The molecule has 0 spiro atoms. The van der Waals surface area contributed by atoms with E-state index >= 15 is 0 Å². The summed E-state index contributed by atoms with van der Waals surface area (Å²) < 4.78 is 54.6. The Labute approximate surface area is 198 Å². The maximum atomic E-state index is 13.7. The van der Waals surface area contributed by atoms with Gasteiger partial charge in [-0.1, -0.05) is 0 Å². The van der Waals surface area contributed by atoms with E-state index in [0.29, 0.717) is 24.8 Å². The summed E-state index contributed by atoms with van der Waals surface area (Å²) in [6, 6.07) is 11.2. The summed E-state index contributed by atoms with van der Waals surface area (Å²) in [5.41, 5.74) is -0.304. The van der Waals surface area contributed by atoms with Crippen molar-refractivity contribution < 1.29 is 27.2 Å². The zero-order valence-electron chi connectivity index (χ0n) is 18.5. The molecule has 0 aliphatic carbocycles. The van der Waals surface area contributed by atoms with Crippen molar-refractivity contribution in [3.8, 4) is 0 Å². The van der Waals surface area contributed by atoms with Gasteiger partial charge in [0, 0.05) is 43.7 Å². The molecule has 182 valence electrons. The van der Waals surface area contributed by atoms with Crippen LogP contribution in [0.15, 0.2) is 54.7 Å². The van der Waals surface area contributed by atoms with E-state index in [1.807, 2.05) is 0 Å². The number of benzene rings is 2. The number of pyridine rings is 1. The molecule has 1 aliphatic heterocycles. The number of nitrogens with zero attached hydrogens (tertiary/aromatic N) is 2. The van der Waals surface area contributed by atoms with Crippen molar-refractivity contribution in [1.82, 2.24) is 10.3 Å². The molecule has 1 saturated heterocycles. The van der Waals surface area contributed by atoms with E-state index in [1.165, 1.54) is 13.1 Å². The Morgan fingerprint density at radius 2 is 1.77 bits per heavy atom. The minimum atomic E-state index is -4.73. The molecule has 35 heavy (non-hydrogen) atoms. The van der Waals surface area contributed by atoms with Crippen LogP contribution in [0.5, 0.6) is 0 Å². The number of carbonyl (C=O) groups excluding carboxylic acids is 2. The van der Waals surface area contributed by atoms with Crippen LogP contribution in [0.25, 0.3) is 0 Å². The third-order valence-corrected chi connectivity index (χ3v) is 5.46. The number of amides is 2. The zero-order chi connectivity index (χ0) is 25.2. The number of alkyl halides is 3. The summed E-state index contributed by atoms with van der Waals surface area (Å²) in [7, 11) is 1.33. The minimum absolute atomic E-state index is 0.00645. The third kappa shape index (κ3) is 5.34. The maximum absolute atomic E-state index is 13.7. The van der Waals surface area contributed by atoms with E-state index in [0.717, 1.165) is 30.3 Å². The molecular weight excluding hydrogens is 466 g/mol. The van der Waals surface area contributed by atoms with E-state index in [2.05, 4.69) is 20.9 Å². The van der Waals surface area contributed by atoms with Gasteiger partial charge in [-0.2, -0.15) is 13.2 Å². The van der Waals surface area contributed by atoms with Gasteiger partial charge in [-0.3, -0.25) is 9.59 Å². The fourth-order valence-corrected chi connectivity index (χ4v) is 3.74. The summed E-state index contributed by atoms with van der Waals surface area (Å²) in [5.74, 6) is -1.22. The van der Waals surface area contributed by atoms with Crippen LogP contribution < -0.4 is 20.9 Å². The van der Waals surface area contributed by atoms with Gasteiger partial charge in [-0.25, -0.2) is 9.37 Å². The first-order valence-corrected chi connectivity index (χ1v) is 10.7. The van der Waals surface area contributed by atoms with Crippen LogP contribution >= 0.6 is 0 Å². The van der Waals surface area contributed by atoms with E-state index in [9.17, 15) is 27.2 Å². The average Bonchev–Trinajstić information content (AvgIpc) is 3.25. The van der Waals surface area contributed by atoms with Gasteiger partial charge in [-0.05, 0) is 48.9 Å². The molecule has 1 aromatic heterocycles. The quantitative estimate of drug-likeness (QED) is 0.416. The molecule has 0 atom stereocenters. The van der Waals surface area contributed by atoms with Gasteiger partial charge >= 0.3 is 6.18 Å². The summed E-state index contributed by atoms with van der Waals surface area (Å²) in [4.78, 5) is 29.6. The second-order valence-electron chi connectivity index (χ2n) is 7.83. The molecular formula is C24H21F4N5O2. The average molecular weight is 487 g/mol. The smallest absolute Gasteiger partial charge is 0.355 e. The Balaban J connectivity index is 1.63. The van der Waals surface area contributed by atoms with Crippen molar-refractivity contribution in [3.63, 3.8) is 0 Å². The lowest BCUT2D eigenvalue weighted by atomic mass is 10.1. The first-order chi connectivity index (χ1) is 16.7. The Bertz CT molecular complexity index is 1260. The largest absolute Gasteiger partial charge is 0.419 e. The van der Waals surface area contributed by atoms with Gasteiger partial charge in [0.05, 0.1) is 22.5 Å². The number of hydrogen-bond donors (Lipinski definition) is 3. The number of hydrogen-bond acceptors (Lipinski definition) is 5. The summed E-state index contributed by atoms with van der Waals surface area (Å²) in [6.45, 7) is 0.641. The molecule has 2 amide bonds. The molecule has 1 aliphatic rings. The number of carbonyl (C=O) groups is 2. The number of aromatic nitrogens is 1. The molecule has 0 unspecified atom stereocenters. The van der Waals surface area contributed by atoms with Gasteiger partial charge in [0.1, 0.15) is 11.6 Å². The summed E-state index contributed by atoms with van der Waals surface area (Å²) in [6.07, 6.45) is -2.77. The molecule has 11 heteroatoms. The number of anilines is 5. The maximum Gasteiger partial charge on any atom is 0.419 e. The van der Waals surface area contributed by atoms with Crippen molar-refractivity contribution in [2.24, 2.45) is 0 Å². The number of halogens is 4. The van der Waals surface area contributed by atoms with Crippen LogP contribution in [0.2, 0.25) is 0 Å². The molecule has 1 fully saturated rings. The SMILES string of the molecule is CNC(=O)c1cc(F)ccc1Nc1cc(Nc2ccc(N3CCCC3=O)cc2)ncc1C(F)(F)F. The predicted octanol–water partition coefficient (Wildman–Crippen LogP) is 5.21. The van der Waals surface area contributed by atoms with Crippen molar-refractivity contribution in [3.05, 3.63) is 71.7 Å². The molecule has 2 aromatic carbocycles. The molecule has 7 nitrogen and oxygen atoms in total. The van der Waals surface area contributed by atoms with Gasteiger partial charge in [0.2, 0.25) is 5.91 Å². The highest BCUT2D eigenvalue weighted by molar-refractivity contribution is 6.00. The topological polar surface area (TPSA) is 86.4 Å². The fraction of sp³-hybridized carbons (Fsp3) is 0.208. The molecule has 4 rings (SSSR count). The highest BCUT2D eigenvalue weighted by Gasteiger charge is 2.34. The Hall–Kier alpha value is -4.15. The minimum Gasteiger partial charge on any atom is -0.355 e. The van der Waals surface area contributed by atoms with Crippen LogP contribution in [0.3, 0.4) is 0 Å². The van der Waals surface area contributed by atoms with Crippen molar-refractivity contribution in [2.75, 3.05) is 29.1 Å². The van der Waals surface area contributed by atoms with E-state index in [4.69, 9.17) is 0 Å². The van der Waals surface area contributed by atoms with Crippen LogP contribution in [0.1, 0.15) is 28.8 Å². The van der Waals surface area contributed by atoms with Gasteiger partial charge in [0.25, 0.3) is 5.91 Å². The normalized spacial score (nSPS) is 13.6. The van der Waals surface area contributed by atoms with Crippen molar-refractivity contribution >= 4 is 40.4 Å². The second kappa shape index (κ2) is 9.61. The lowest BCUT2D eigenvalue weighted by Gasteiger charge is -2.18. The summed E-state index contributed by atoms with van der Waals surface area (Å²) in [5, 5.41) is 7.86. The van der Waals surface area contributed by atoms with Crippen LogP contribution in [-0.2, 0) is 11.0 Å². The lowest BCUT2D eigenvalue weighted by Crippen LogP contribution is -2.23. The first-order valence-electron chi connectivity index (χ1n) is 10.7. The first kappa shape index (κ1) is 24.0. The number of rotatable bonds is 6. The lowest BCUT2D eigenvalue weighted by molar-refractivity contribution is -0.137. The highest BCUT2D eigenvalue weighted by atomic mass is 19.4. The van der Waals surface area contributed by atoms with Crippen LogP contribution in [0, 0.1) is 5.82 Å². The highest BCUT2D eigenvalue weighted by Crippen LogP contribution is 2.38. The Morgan fingerprint density at radius 1 is 1.03 bits per heavy atom. The summed E-state index contributed by atoms with van der Waals surface area (Å²) >= 11 is 0. The monoisotopic (exact) mass is 487 g/mol. The van der Waals surface area contributed by atoms with Crippen molar-refractivity contribution in [2.45, 2.75) is 19.0 Å². The van der Waals surface area contributed by atoms with Gasteiger partial charge in [-0.15, -0.1) is 0 Å².